The Bertz CT molecular complexity index is 1310. The summed E-state index contributed by atoms with van der Waals surface area (Å²) in [6.45, 7) is 5.03. The van der Waals surface area contributed by atoms with Crippen LogP contribution in [0.15, 0.2) is 0 Å². The minimum atomic E-state index is -0.662. The van der Waals surface area contributed by atoms with Gasteiger partial charge in [-0.25, -0.2) is 0 Å². The van der Waals surface area contributed by atoms with Crippen LogP contribution in [0.1, 0.15) is 495 Å². The van der Waals surface area contributed by atoms with Crippen molar-refractivity contribution in [3.8, 4) is 0 Å². The van der Waals surface area contributed by atoms with E-state index in [4.69, 9.17) is 4.74 Å². The Balaban J connectivity index is 3.31. The summed E-state index contributed by atoms with van der Waals surface area (Å²) in [4.78, 5) is 24.7. The van der Waals surface area contributed by atoms with Crippen LogP contribution in [-0.4, -0.2) is 47.4 Å². The summed E-state index contributed by atoms with van der Waals surface area (Å²) < 4.78 is 5.52. The third-order valence-corrected chi connectivity index (χ3v) is 20.2. The van der Waals surface area contributed by atoms with E-state index in [1.807, 2.05) is 0 Å². The van der Waals surface area contributed by atoms with E-state index in [1.54, 1.807) is 0 Å². The number of hydrogen-bond donors (Lipinski definition) is 3. The van der Waals surface area contributed by atoms with Gasteiger partial charge < -0.3 is 20.3 Å². The summed E-state index contributed by atoms with van der Waals surface area (Å²) in [7, 11) is 0. The highest BCUT2D eigenvalue weighted by Gasteiger charge is 2.20. The van der Waals surface area contributed by atoms with Gasteiger partial charge in [-0.3, -0.25) is 9.59 Å². The number of esters is 1. The zero-order valence-corrected chi connectivity index (χ0v) is 61.2. The molecule has 0 aliphatic carbocycles. The van der Waals surface area contributed by atoms with Crippen LogP contribution >= 0.6 is 0 Å². The molecule has 0 saturated heterocycles. The van der Waals surface area contributed by atoms with Gasteiger partial charge in [0, 0.05) is 12.8 Å². The van der Waals surface area contributed by atoms with Crippen molar-refractivity contribution in [2.45, 2.75) is 508 Å². The molecule has 0 aliphatic rings. The topological polar surface area (TPSA) is 95.9 Å². The van der Waals surface area contributed by atoms with Crippen LogP contribution in [-0.2, 0) is 14.3 Å². The van der Waals surface area contributed by atoms with Crippen molar-refractivity contribution in [3.05, 3.63) is 0 Å². The van der Waals surface area contributed by atoms with E-state index >= 15 is 0 Å². The number of aliphatic hydroxyl groups is 2. The third-order valence-electron chi connectivity index (χ3n) is 20.2. The molecular formula is C83H165NO5. The van der Waals surface area contributed by atoms with Gasteiger partial charge in [-0.1, -0.05) is 457 Å². The summed E-state index contributed by atoms with van der Waals surface area (Å²) in [5.41, 5.74) is 0. The Morgan fingerprint density at radius 1 is 0.270 bits per heavy atom. The maximum absolute atomic E-state index is 12.6. The van der Waals surface area contributed by atoms with Crippen LogP contribution in [0.5, 0.6) is 0 Å². The molecule has 0 aromatic carbocycles. The third kappa shape index (κ3) is 75.8. The van der Waals surface area contributed by atoms with Gasteiger partial charge in [0.25, 0.3) is 0 Å². The molecule has 6 heteroatoms. The molecule has 0 aromatic rings. The second-order valence-corrected chi connectivity index (χ2v) is 29.2. The number of nitrogens with one attached hydrogen (secondary N) is 1. The Hall–Kier alpha value is -1.14. The van der Waals surface area contributed by atoms with E-state index in [-0.39, 0.29) is 18.5 Å². The van der Waals surface area contributed by atoms with Gasteiger partial charge >= 0.3 is 5.97 Å². The SMILES string of the molecule is CCCCCCCCCCCCCCCCCCCCCCCCCC(O)C(CO)NC(=O)CCCCCCCCCCCCCCCCCCCCCCCCCCCCCCCCCCOC(=O)CCCCCCCCCCCCCCCCCCC. The highest BCUT2D eigenvalue weighted by Crippen LogP contribution is 2.21. The average Bonchev–Trinajstić information content (AvgIpc) is 3.55. The van der Waals surface area contributed by atoms with E-state index in [9.17, 15) is 19.8 Å². The number of carbonyl (C=O) groups is 2. The standard InChI is InChI=1S/C83H165NO5/c1-3-5-7-9-11-13-15-17-19-21-22-23-34-37-40-44-47-51-55-59-63-67-71-75-81(86)80(79-85)84-82(87)76-72-68-64-60-56-52-48-45-41-38-35-32-30-28-26-24-25-27-29-31-33-36-39-42-46-50-54-58-62-66-70-74-78-89-83(88)77-73-69-65-61-57-53-49-43-20-18-16-14-12-10-8-6-4-2/h80-81,85-86H,3-79H2,1-2H3,(H,84,87). The van der Waals surface area contributed by atoms with Crippen molar-refractivity contribution in [3.63, 3.8) is 0 Å². The Morgan fingerprint density at radius 2 is 0.461 bits per heavy atom. The van der Waals surface area contributed by atoms with Crippen molar-refractivity contribution in [1.29, 1.82) is 0 Å². The van der Waals surface area contributed by atoms with E-state index < -0.39 is 12.1 Å². The lowest BCUT2D eigenvalue weighted by Gasteiger charge is -2.22. The van der Waals surface area contributed by atoms with Gasteiger partial charge in [0.05, 0.1) is 25.4 Å². The maximum Gasteiger partial charge on any atom is 0.305 e. The predicted octanol–water partition coefficient (Wildman–Crippen LogP) is 27.7. The van der Waals surface area contributed by atoms with Gasteiger partial charge in [-0.2, -0.15) is 0 Å². The lowest BCUT2D eigenvalue weighted by atomic mass is 10.0. The molecule has 0 rings (SSSR count). The highest BCUT2D eigenvalue weighted by molar-refractivity contribution is 5.76. The minimum Gasteiger partial charge on any atom is -0.466 e. The Labute approximate surface area is 559 Å². The molecule has 0 heterocycles. The minimum absolute atomic E-state index is 0.0237. The second-order valence-electron chi connectivity index (χ2n) is 29.2. The molecule has 0 saturated carbocycles. The van der Waals surface area contributed by atoms with Gasteiger partial charge in [0.2, 0.25) is 5.91 Å². The first-order valence-electron chi connectivity index (χ1n) is 41.8. The first-order valence-corrected chi connectivity index (χ1v) is 41.8. The normalized spacial score (nSPS) is 12.4. The fourth-order valence-corrected chi connectivity index (χ4v) is 13.8. The number of rotatable bonds is 80. The van der Waals surface area contributed by atoms with Crippen molar-refractivity contribution in [2.24, 2.45) is 0 Å². The van der Waals surface area contributed by atoms with Crippen molar-refractivity contribution in [2.75, 3.05) is 13.2 Å². The molecule has 0 aromatic heterocycles. The molecule has 532 valence electrons. The average molecular weight is 1260 g/mol. The molecule has 0 radical (unpaired) electrons. The van der Waals surface area contributed by atoms with Gasteiger partial charge in [-0.15, -0.1) is 0 Å². The second kappa shape index (κ2) is 79.3. The first kappa shape index (κ1) is 87.9. The monoisotopic (exact) mass is 1260 g/mol. The van der Waals surface area contributed by atoms with Crippen LogP contribution in [0, 0.1) is 0 Å². The molecule has 6 nitrogen and oxygen atoms in total. The van der Waals surface area contributed by atoms with Crippen LogP contribution in [0.3, 0.4) is 0 Å². The number of unbranched alkanes of at least 4 members (excludes halogenated alkanes) is 69. The number of aliphatic hydroxyl groups excluding tert-OH is 2. The van der Waals surface area contributed by atoms with Crippen LogP contribution < -0.4 is 5.32 Å². The molecule has 0 fully saturated rings. The fraction of sp³-hybridized carbons (Fsp3) is 0.976. The summed E-state index contributed by atoms with van der Waals surface area (Å²) in [6, 6.07) is -0.538. The zero-order chi connectivity index (χ0) is 64.2. The van der Waals surface area contributed by atoms with Crippen molar-refractivity contribution >= 4 is 11.9 Å². The summed E-state index contributed by atoms with van der Waals surface area (Å²) >= 11 is 0. The number of ether oxygens (including phenoxy) is 1. The van der Waals surface area contributed by atoms with E-state index in [0.29, 0.717) is 25.9 Å². The largest absolute Gasteiger partial charge is 0.466 e. The van der Waals surface area contributed by atoms with Crippen molar-refractivity contribution < 1.29 is 24.5 Å². The number of amides is 1. The summed E-state index contributed by atoms with van der Waals surface area (Å²) in [6.07, 6.45) is 99.3. The molecule has 0 bridgehead atoms. The van der Waals surface area contributed by atoms with Crippen molar-refractivity contribution in [1.82, 2.24) is 5.32 Å². The molecule has 0 aliphatic heterocycles. The number of carbonyl (C=O) groups excluding carboxylic acids is 2. The van der Waals surface area contributed by atoms with E-state index in [1.165, 1.54) is 424 Å². The highest BCUT2D eigenvalue weighted by atomic mass is 16.5. The maximum atomic E-state index is 12.6. The van der Waals surface area contributed by atoms with Crippen LogP contribution in [0.4, 0.5) is 0 Å². The summed E-state index contributed by atoms with van der Waals surface area (Å²) in [5.74, 6) is 0.00321. The molecule has 89 heavy (non-hydrogen) atoms. The molecule has 2 unspecified atom stereocenters. The number of hydrogen-bond acceptors (Lipinski definition) is 5. The quantitative estimate of drug-likeness (QED) is 0.0417. The molecular weight excluding hydrogens is 1090 g/mol. The van der Waals surface area contributed by atoms with Gasteiger partial charge in [0.15, 0.2) is 0 Å². The lowest BCUT2D eigenvalue weighted by molar-refractivity contribution is -0.143. The molecule has 1 amide bonds. The predicted molar refractivity (Wildman–Crippen MR) is 394 cm³/mol. The van der Waals surface area contributed by atoms with Gasteiger partial charge in [0.1, 0.15) is 0 Å². The summed E-state index contributed by atoms with van der Waals surface area (Å²) in [5, 5.41) is 23.5. The van der Waals surface area contributed by atoms with E-state index in [0.717, 1.165) is 38.5 Å². The van der Waals surface area contributed by atoms with E-state index in [2.05, 4.69) is 19.2 Å². The molecule has 0 spiro atoms. The first-order chi connectivity index (χ1) is 44.0. The molecule has 2 atom stereocenters. The van der Waals surface area contributed by atoms with Crippen LogP contribution in [0.2, 0.25) is 0 Å². The fourth-order valence-electron chi connectivity index (χ4n) is 13.8. The Morgan fingerprint density at radius 3 is 0.685 bits per heavy atom. The Kier molecular flexibility index (Phi) is 78.3. The lowest BCUT2D eigenvalue weighted by Crippen LogP contribution is -2.45. The molecule has 3 N–H and O–H groups in total. The zero-order valence-electron chi connectivity index (χ0n) is 61.2. The smallest absolute Gasteiger partial charge is 0.305 e. The van der Waals surface area contributed by atoms with Crippen LogP contribution in [0.25, 0.3) is 0 Å². The van der Waals surface area contributed by atoms with Gasteiger partial charge in [-0.05, 0) is 25.7 Å².